The van der Waals surface area contributed by atoms with Gasteiger partial charge in [-0.15, -0.1) is 0 Å². The molecule has 66 valence electrons. The van der Waals surface area contributed by atoms with E-state index in [4.69, 9.17) is 4.74 Å². The van der Waals surface area contributed by atoms with Crippen LogP contribution in [0.1, 0.15) is 6.92 Å². The number of nitrogens with one attached hydrogen (secondary N) is 1. The molecule has 0 saturated carbocycles. The molecule has 0 amide bonds. The minimum atomic E-state index is -0.363. The van der Waals surface area contributed by atoms with Gasteiger partial charge in [0.25, 0.3) is 0 Å². The maximum atomic E-state index is 12.9. The molecule has 0 bridgehead atoms. The summed E-state index contributed by atoms with van der Waals surface area (Å²) >= 11 is 0. The number of halogens is 1. The lowest BCUT2D eigenvalue weighted by Gasteiger charge is -2.04. The Labute approximate surface area is 70.6 Å². The molecule has 12 heavy (non-hydrogen) atoms. The van der Waals surface area contributed by atoms with Gasteiger partial charge >= 0.3 is 0 Å². The third kappa shape index (κ3) is 1.84. The highest BCUT2D eigenvalue weighted by molar-refractivity contribution is 5.38. The van der Waals surface area contributed by atoms with Crippen LogP contribution in [0.5, 0.6) is 5.88 Å². The van der Waals surface area contributed by atoms with E-state index in [-0.39, 0.29) is 11.6 Å². The van der Waals surface area contributed by atoms with Crippen molar-refractivity contribution in [3.63, 3.8) is 0 Å². The summed E-state index contributed by atoms with van der Waals surface area (Å²) in [4.78, 5) is 3.87. The molecule has 1 aromatic rings. The van der Waals surface area contributed by atoms with Crippen LogP contribution in [0.2, 0.25) is 0 Å². The maximum absolute atomic E-state index is 12.9. The third-order valence-corrected chi connectivity index (χ3v) is 1.37. The van der Waals surface area contributed by atoms with Crippen molar-refractivity contribution in [2.24, 2.45) is 0 Å². The molecule has 4 heteroatoms. The summed E-state index contributed by atoms with van der Waals surface area (Å²) in [5, 5.41) is 2.78. The first kappa shape index (κ1) is 8.77. The number of hydrogen-bond acceptors (Lipinski definition) is 3. The van der Waals surface area contributed by atoms with Gasteiger partial charge < -0.3 is 10.1 Å². The summed E-state index contributed by atoms with van der Waals surface area (Å²) in [6, 6.07) is 2.81. The third-order valence-electron chi connectivity index (χ3n) is 1.37. The molecule has 0 spiro atoms. The zero-order valence-electron chi connectivity index (χ0n) is 7.10. The van der Waals surface area contributed by atoms with Gasteiger partial charge in [-0.2, -0.15) is 4.98 Å². The average molecular weight is 170 g/mol. The molecule has 1 N–H and O–H groups in total. The summed E-state index contributed by atoms with van der Waals surface area (Å²) in [5.41, 5.74) is 0. The SMILES string of the molecule is CCNc1nc(OC)ccc1F. The van der Waals surface area contributed by atoms with E-state index in [9.17, 15) is 4.39 Å². The lowest BCUT2D eigenvalue weighted by molar-refractivity contribution is 0.396. The number of rotatable bonds is 3. The molecule has 0 aliphatic carbocycles. The predicted octanol–water partition coefficient (Wildman–Crippen LogP) is 1.66. The van der Waals surface area contributed by atoms with E-state index in [2.05, 4.69) is 10.3 Å². The topological polar surface area (TPSA) is 34.2 Å². The van der Waals surface area contributed by atoms with Crippen LogP contribution in [-0.2, 0) is 0 Å². The van der Waals surface area contributed by atoms with Crippen LogP contribution in [0.4, 0.5) is 10.2 Å². The van der Waals surface area contributed by atoms with Gasteiger partial charge in [-0.1, -0.05) is 0 Å². The number of anilines is 1. The molecule has 0 radical (unpaired) electrons. The first-order chi connectivity index (χ1) is 5.77. The molecule has 1 aromatic heterocycles. The first-order valence-electron chi connectivity index (χ1n) is 3.72. The van der Waals surface area contributed by atoms with Gasteiger partial charge in [0.05, 0.1) is 7.11 Å². The Bertz CT molecular complexity index is 265. The van der Waals surface area contributed by atoms with Crippen LogP contribution in [0, 0.1) is 5.82 Å². The van der Waals surface area contributed by atoms with Gasteiger partial charge in [-0.05, 0) is 13.0 Å². The van der Waals surface area contributed by atoms with E-state index >= 15 is 0 Å². The van der Waals surface area contributed by atoms with Gasteiger partial charge in [0.15, 0.2) is 11.6 Å². The van der Waals surface area contributed by atoms with Gasteiger partial charge in [-0.3, -0.25) is 0 Å². The van der Waals surface area contributed by atoms with Gasteiger partial charge in [-0.25, -0.2) is 4.39 Å². The smallest absolute Gasteiger partial charge is 0.215 e. The fourth-order valence-corrected chi connectivity index (χ4v) is 0.829. The van der Waals surface area contributed by atoms with Crippen LogP contribution in [-0.4, -0.2) is 18.6 Å². The number of ether oxygens (including phenoxy) is 1. The molecule has 1 heterocycles. The van der Waals surface area contributed by atoms with E-state index in [1.165, 1.54) is 19.2 Å². The van der Waals surface area contributed by atoms with Crippen molar-refractivity contribution in [1.82, 2.24) is 4.98 Å². The molecular weight excluding hydrogens is 159 g/mol. The van der Waals surface area contributed by atoms with E-state index in [1.807, 2.05) is 6.92 Å². The molecule has 0 atom stereocenters. The molecule has 0 aliphatic heterocycles. The largest absolute Gasteiger partial charge is 0.481 e. The Morgan fingerprint density at radius 3 is 2.92 bits per heavy atom. The molecular formula is C8H11FN2O. The number of methoxy groups -OCH3 is 1. The van der Waals surface area contributed by atoms with Crippen LogP contribution in [0.15, 0.2) is 12.1 Å². The zero-order valence-corrected chi connectivity index (χ0v) is 7.10. The summed E-state index contributed by atoms with van der Waals surface area (Å²) in [6.07, 6.45) is 0. The van der Waals surface area contributed by atoms with Gasteiger partial charge in [0.1, 0.15) is 0 Å². The van der Waals surface area contributed by atoms with Crippen molar-refractivity contribution >= 4 is 5.82 Å². The van der Waals surface area contributed by atoms with E-state index in [0.717, 1.165) is 0 Å². The Morgan fingerprint density at radius 2 is 2.33 bits per heavy atom. The van der Waals surface area contributed by atoms with Crippen LogP contribution in [0.3, 0.4) is 0 Å². The minimum Gasteiger partial charge on any atom is -0.481 e. The second-order valence-corrected chi connectivity index (χ2v) is 2.21. The average Bonchev–Trinajstić information content (AvgIpc) is 2.09. The van der Waals surface area contributed by atoms with Crippen LogP contribution in [0.25, 0.3) is 0 Å². The molecule has 3 nitrogen and oxygen atoms in total. The summed E-state index contributed by atoms with van der Waals surface area (Å²) in [5.74, 6) is 0.279. The highest BCUT2D eigenvalue weighted by Crippen LogP contribution is 2.15. The molecule has 1 rings (SSSR count). The Kier molecular flexibility index (Phi) is 2.85. The fraction of sp³-hybridized carbons (Fsp3) is 0.375. The van der Waals surface area contributed by atoms with Crippen molar-refractivity contribution in [2.75, 3.05) is 19.0 Å². The second kappa shape index (κ2) is 3.90. The van der Waals surface area contributed by atoms with Crippen LogP contribution < -0.4 is 10.1 Å². The first-order valence-corrected chi connectivity index (χ1v) is 3.72. The molecule has 0 unspecified atom stereocenters. The quantitative estimate of drug-likeness (QED) is 0.749. The van der Waals surface area contributed by atoms with Crippen molar-refractivity contribution in [3.8, 4) is 5.88 Å². The lowest BCUT2D eigenvalue weighted by atomic mass is 10.4. The minimum absolute atomic E-state index is 0.233. The second-order valence-electron chi connectivity index (χ2n) is 2.21. The summed E-state index contributed by atoms with van der Waals surface area (Å²) in [6.45, 7) is 2.51. The molecule has 0 saturated heterocycles. The number of hydrogen-bond donors (Lipinski definition) is 1. The lowest BCUT2D eigenvalue weighted by Crippen LogP contribution is -2.02. The number of nitrogens with zero attached hydrogens (tertiary/aromatic N) is 1. The standard InChI is InChI=1S/C8H11FN2O/c1-3-10-8-6(9)4-5-7(11-8)12-2/h4-5H,3H2,1-2H3,(H,10,11). The zero-order chi connectivity index (χ0) is 8.97. The molecule has 0 aliphatic rings. The van der Waals surface area contributed by atoms with Crippen molar-refractivity contribution in [1.29, 1.82) is 0 Å². The maximum Gasteiger partial charge on any atom is 0.215 e. The van der Waals surface area contributed by atoms with Gasteiger partial charge in [0, 0.05) is 12.6 Å². The molecule has 0 fully saturated rings. The highest BCUT2D eigenvalue weighted by Gasteiger charge is 2.03. The Hall–Kier alpha value is -1.32. The fourth-order valence-electron chi connectivity index (χ4n) is 0.829. The van der Waals surface area contributed by atoms with Crippen molar-refractivity contribution in [3.05, 3.63) is 17.9 Å². The predicted molar refractivity (Wildman–Crippen MR) is 44.9 cm³/mol. The Morgan fingerprint density at radius 1 is 1.58 bits per heavy atom. The van der Waals surface area contributed by atoms with E-state index in [1.54, 1.807) is 0 Å². The van der Waals surface area contributed by atoms with Crippen molar-refractivity contribution in [2.45, 2.75) is 6.92 Å². The summed E-state index contributed by atoms with van der Waals surface area (Å²) < 4.78 is 17.8. The Balaban J connectivity index is 2.91. The monoisotopic (exact) mass is 170 g/mol. The summed E-state index contributed by atoms with van der Waals surface area (Å²) in [7, 11) is 1.50. The highest BCUT2D eigenvalue weighted by atomic mass is 19.1. The van der Waals surface area contributed by atoms with Gasteiger partial charge in [0.2, 0.25) is 5.88 Å². The van der Waals surface area contributed by atoms with Crippen LogP contribution >= 0.6 is 0 Å². The normalized spacial score (nSPS) is 9.58. The number of pyridine rings is 1. The van der Waals surface area contributed by atoms with Crippen molar-refractivity contribution < 1.29 is 9.13 Å². The number of aromatic nitrogens is 1. The van der Waals surface area contributed by atoms with E-state index < -0.39 is 0 Å². The van der Waals surface area contributed by atoms with E-state index in [0.29, 0.717) is 12.4 Å². The molecule has 0 aromatic carbocycles.